The van der Waals surface area contributed by atoms with Crippen LogP contribution in [0.25, 0.3) is 0 Å². The molecule has 1 unspecified atom stereocenters. The molecule has 5 nitrogen and oxygen atoms in total. The Balaban J connectivity index is 2.87. The van der Waals surface area contributed by atoms with E-state index in [0.717, 1.165) is 0 Å². The van der Waals surface area contributed by atoms with E-state index in [4.69, 9.17) is 10.5 Å². The minimum absolute atomic E-state index is 1.19. The van der Waals surface area contributed by atoms with Gasteiger partial charge in [-0.15, -0.1) is 0 Å². The van der Waals surface area contributed by atoms with Gasteiger partial charge in [-0.05, 0) is 20.2 Å². The van der Waals surface area contributed by atoms with Gasteiger partial charge in [-0.1, -0.05) is 0 Å². The van der Waals surface area contributed by atoms with E-state index in [9.17, 15) is 0 Å². The first-order chi connectivity index (χ1) is 4.64. The van der Waals surface area contributed by atoms with Gasteiger partial charge in [0.05, 0.1) is 0 Å². The number of aliphatic imine (C=N–C) groups is 3. The minimum atomic E-state index is -1.24. The fraction of sp³-hybridized carbons (Fsp3) is 0.400. The monoisotopic (exact) mass is 140 g/mol. The van der Waals surface area contributed by atoms with E-state index in [1.807, 2.05) is 0 Å². The summed E-state index contributed by atoms with van der Waals surface area (Å²) in [6, 6.07) is 0. The van der Waals surface area contributed by atoms with Gasteiger partial charge in [-0.25, -0.2) is 15.0 Å². The van der Waals surface area contributed by atoms with Crippen LogP contribution >= 0.6 is 0 Å². The molecule has 0 bridgehead atoms. The summed E-state index contributed by atoms with van der Waals surface area (Å²) in [6.45, 7) is 9.68. The molecule has 1 aliphatic rings. The van der Waals surface area contributed by atoms with Crippen molar-refractivity contribution in [1.82, 2.24) is 0 Å². The van der Waals surface area contributed by atoms with Gasteiger partial charge in [0, 0.05) is 0 Å². The molecule has 1 saturated heterocycles. The van der Waals surface area contributed by atoms with Crippen molar-refractivity contribution < 1.29 is 4.74 Å². The number of epoxide rings is 1. The van der Waals surface area contributed by atoms with E-state index < -0.39 is 11.7 Å². The highest BCUT2D eigenvalue weighted by molar-refractivity contribution is 5.37. The van der Waals surface area contributed by atoms with Crippen LogP contribution in [0, 0.1) is 0 Å². The average molecular weight is 140 g/mol. The van der Waals surface area contributed by atoms with Crippen molar-refractivity contribution in [3.05, 3.63) is 0 Å². The van der Waals surface area contributed by atoms with Crippen LogP contribution < -0.4 is 5.73 Å². The minimum Gasteiger partial charge on any atom is -0.282 e. The number of ether oxygens (including phenoxy) is 1. The molecule has 54 valence electrons. The van der Waals surface area contributed by atoms with Gasteiger partial charge < -0.3 is 0 Å². The SMILES string of the molecule is C=NC1(N)OC1(N=C)N=C. The van der Waals surface area contributed by atoms with Crippen LogP contribution in [-0.4, -0.2) is 31.9 Å². The molecule has 0 aromatic heterocycles. The molecule has 0 spiro atoms. The second kappa shape index (κ2) is 1.71. The third-order valence-electron chi connectivity index (χ3n) is 1.39. The molecule has 0 aromatic rings. The zero-order valence-corrected chi connectivity index (χ0v) is 5.45. The first-order valence-corrected chi connectivity index (χ1v) is 2.57. The van der Waals surface area contributed by atoms with Gasteiger partial charge in [0.2, 0.25) is 0 Å². The molecule has 1 heterocycles. The Labute approximate surface area is 58.3 Å². The molecular formula is C5H8N4O. The molecule has 2 N–H and O–H groups in total. The Morgan fingerprint density at radius 1 is 1.10 bits per heavy atom. The standard InChI is InChI=1S/C5H8N4O/c1-7-4(6)5(8-2,9-3)10-4/h1-3,6H2. The van der Waals surface area contributed by atoms with E-state index in [1.54, 1.807) is 0 Å². The van der Waals surface area contributed by atoms with E-state index in [2.05, 4.69) is 35.1 Å². The summed E-state index contributed by atoms with van der Waals surface area (Å²) in [5.74, 6) is -2.43. The number of nitrogens with two attached hydrogens (primary N) is 1. The molecule has 0 aliphatic carbocycles. The predicted octanol–water partition coefficient (Wildman–Crippen LogP) is -0.615. The van der Waals surface area contributed by atoms with Crippen LogP contribution in [-0.2, 0) is 4.74 Å². The quantitative estimate of drug-likeness (QED) is 0.419. The summed E-state index contributed by atoms with van der Waals surface area (Å²) in [5.41, 5.74) is 5.43. The molecule has 10 heavy (non-hydrogen) atoms. The zero-order chi connectivity index (χ0) is 7.83. The number of rotatable bonds is 3. The molecular weight excluding hydrogens is 132 g/mol. The lowest BCUT2D eigenvalue weighted by atomic mass is 10.4. The Kier molecular flexibility index (Phi) is 1.20. The molecule has 1 fully saturated rings. The van der Waals surface area contributed by atoms with Crippen molar-refractivity contribution in [2.24, 2.45) is 20.7 Å². The summed E-state index contributed by atoms with van der Waals surface area (Å²) in [4.78, 5) is 10.5. The predicted molar refractivity (Wildman–Crippen MR) is 39.4 cm³/mol. The third-order valence-corrected chi connectivity index (χ3v) is 1.39. The summed E-state index contributed by atoms with van der Waals surface area (Å²) in [7, 11) is 0. The number of hydrogen-bond donors (Lipinski definition) is 1. The molecule has 0 amide bonds. The van der Waals surface area contributed by atoms with E-state index >= 15 is 0 Å². The van der Waals surface area contributed by atoms with Gasteiger partial charge in [-0.3, -0.25) is 10.5 Å². The van der Waals surface area contributed by atoms with Gasteiger partial charge in [0.15, 0.2) is 0 Å². The highest BCUT2D eigenvalue weighted by atomic mass is 16.7. The fourth-order valence-corrected chi connectivity index (χ4v) is 0.668. The molecule has 1 atom stereocenters. The van der Waals surface area contributed by atoms with E-state index in [1.165, 1.54) is 0 Å². The van der Waals surface area contributed by atoms with Crippen molar-refractivity contribution in [1.29, 1.82) is 0 Å². The maximum absolute atomic E-state index is 5.43. The largest absolute Gasteiger partial charge is 0.326 e. The second-order valence-corrected chi connectivity index (χ2v) is 1.88. The zero-order valence-electron chi connectivity index (χ0n) is 5.45. The van der Waals surface area contributed by atoms with E-state index in [-0.39, 0.29) is 0 Å². The van der Waals surface area contributed by atoms with Crippen molar-refractivity contribution >= 4 is 20.2 Å². The normalized spacial score (nSPS) is 34.5. The van der Waals surface area contributed by atoms with Gasteiger partial charge >= 0.3 is 5.85 Å². The van der Waals surface area contributed by atoms with Crippen molar-refractivity contribution in [3.63, 3.8) is 0 Å². The summed E-state index contributed by atoms with van der Waals surface area (Å²) in [6.07, 6.45) is 0. The van der Waals surface area contributed by atoms with Crippen LogP contribution in [0.2, 0.25) is 0 Å². The topological polar surface area (TPSA) is 75.6 Å². The Hall–Kier alpha value is -1.07. The van der Waals surface area contributed by atoms with Gasteiger partial charge in [-0.2, -0.15) is 0 Å². The van der Waals surface area contributed by atoms with Gasteiger partial charge in [0.25, 0.3) is 5.85 Å². The fourth-order valence-electron chi connectivity index (χ4n) is 0.668. The van der Waals surface area contributed by atoms with Crippen LogP contribution in [0.15, 0.2) is 15.0 Å². The summed E-state index contributed by atoms with van der Waals surface area (Å²) < 4.78 is 4.83. The van der Waals surface area contributed by atoms with Crippen LogP contribution in [0.5, 0.6) is 0 Å². The molecule has 5 heteroatoms. The number of nitrogens with zero attached hydrogens (tertiary/aromatic N) is 3. The lowest BCUT2D eigenvalue weighted by molar-refractivity contribution is 0.276. The highest BCUT2D eigenvalue weighted by Gasteiger charge is 2.70. The second-order valence-electron chi connectivity index (χ2n) is 1.88. The first kappa shape index (κ1) is 7.04. The number of hydrogen-bond acceptors (Lipinski definition) is 5. The van der Waals surface area contributed by atoms with Crippen LogP contribution in [0.3, 0.4) is 0 Å². The van der Waals surface area contributed by atoms with Gasteiger partial charge in [0.1, 0.15) is 0 Å². The lowest BCUT2D eigenvalue weighted by Crippen LogP contribution is -2.29. The smallest absolute Gasteiger partial charge is 0.282 e. The lowest BCUT2D eigenvalue weighted by Gasteiger charge is -1.99. The summed E-state index contributed by atoms with van der Waals surface area (Å²) >= 11 is 0. The van der Waals surface area contributed by atoms with Crippen LogP contribution in [0.4, 0.5) is 0 Å². The Morgan fingerprint density at radius 3 is 1.70 bits per heavy atom. The molecule has 0 saturated carbocycles. The highest BCUT2D eigenvalue weighted by Crippen LogP contribution is 2.46. The summed E-state index contributed by atoms with van der Waals surface area (Å²) in [5, 5.41) is 0. The molecule has 1 rings (SSSR count). The Bertz CT molecular complexity index is 194. The average Bonchev–Trinajstić information content (AvgIpc) is 2.59. The van der Waals surface area contributed by atoms with Crippen molar-refractivity contribution in [2.45, 2.75) is 11.7 Å². The first-order valence-electron chi connectivity index (χ1n) is 2.57. The Morgan fingerprint density at radius 2 is 1.60 bits per heavy atom. The third kappa shape index (κ3) is 0.556. The van der Waals surface area contributed by atoms with E-state index in [0.29, 0.717) is 0 Å². The molecule has 1 aliphatic heterocycles. The van der Waals surface area contributed by atoms with Crippen LogP contribution in [0.1, 0.15) is 0 Å². The maximum atomic E-state index is 5.43. The van der Waals surface area contributed by atoms with Crippen molar-refractivity contribution in [2.75, 3.05) is 0 Å². The molecule has 0 aromatic carbocycles. The van der Waals surface area contributed by atoms with Crippen molar-refractivity contribution in [3.8, 4) is 0 Å². The molecule has 0 radical (unpaired) electrons. The maximum Gasteiger partial charge on any atom is 0.326 e.